The molecule has 4 saturated carbocycles. The minimum Gasteiger partial charge on any atom is -0.496 e. The van der Waals surface area contributed by atoms with Gasteiger partial charge in [0.15, 0.2) is 0 Å². The molecule has 4 fully saturated rings. The quantitative estimate of drug-likeness (QED) is 0.892. The second-order valence-electron chi connectivity index (χ2n) is 7.94. The normalized spacial score (nSPS) is 34.4. The molecule has 5 rings (SSSR count). The van der Waals surface area contributed by atoms with Gasteiger partial charge in [0, 0.05) is 11.6 Å². The highest BCUT2D eigenvalue weighted by Crippen LogP contribution is 2.59. The molecule has 0 unspecified atom stereocenters. The Morgan fingerprint density at radius 3 is 2.39 bits per heavy atom. The summed E-state index contributed by atoms with van der Waals surface area (Å²) < 4.78 is 5.30. The van der Waals surface area contributed by atoms with Crippen molar-refractivity contribution in [3.05, 3.63) is 28.8 Å². The number of rotatable bonds is 4. The lowest BCUT2D eigenvalue weighted by Crippen LogP contribution is -2.51. The zero-order valence-corrected chi connectivity index (χ0v) is 14.4. The number of halogens is 1. The minimum absolute atomic E-state index is 0.0694. The van der Waals surface area contributed by atoms with Crippen LogP contribution in [0.2, 0.25) is 5.02 Å². The van der Waals surface area contributed by atoms with Crippen molar-refractivity contribution in [3.63, 3.8) is 0 Å². The SMILES string of the molecule is COc1ccc(Cl)cc1C(=O)NCC12CC3CC(CC(C3)C1)C2. The summed E-state index contributed by atoms with van der Waals surface area (Å²) in [6.45, 7) is 0.797. The minimum atomic E-state index is -0.0694. The van der Waals surface area contributed by atoms with Crippen LogP contribution in [0.15, 0.2) is 18.2 Å². The highest BCUT2D eigenvalue weighted by Gasteiger charge is 2.50. The number of hydrogen-bond acceptors (Lipinski definition) is 2. The van der Waals surface area contributed by atoms with Gasteiger partial charge in [0.2, 0.25) is 0 Å². The lowest BCUT2D eigenvalue weighted by atomic mass is 9.49. The van der Waals surface area contributed by atoms with Crippen LogP contribution in [0.1, 0.15) is 48.9 Å². The van der Waals surface area contributed by atoms with Crippen LogP contribution >= 0.6 is 11.6 Å². The molecule has 4 aliphatic rings. The molecule has 4 aliphatic carbocycles. The van der Waals surface area contributed by atoms with Crippen molar-refractivity contribution >= 4 is 17.5 Å². The molecule has 0 aliphatic heterocycles. The van der Waals surface area contributed by atoms with E-state index in [0.717, 1.165) is 24.3 Å². The molecule has 23 heavy (non-hydrogen) atoms. The largest absolute Gasteiger partial charge is 0.496 e. The second-order valence-corrected chi connectivity index (χ2v) is 8.38. The van der Waals surface area contributed by atoms with E-state index in [1.54, 1.807) is 25.3 Å². The van der Waals surface area contributed by atoms with Crippen molar-refractivity contribution in [2.24, 2.45) is 23.2 Å². The maximum absolute atomic E-state index is 12.6. The first-order valence-electron chi connectivity index (χ1n) is 8.69. The first-order chi connectivity index (χ1) is 11.1. The van der Waals surface area contributed by atoms with E-state index in [1.165, 1.54) is 38.5 Å². The van der Waals surface area contributed by atoms with E-state index < -0.39 is 0 Å². The second kappa shape index (κ2) is 5.70. The summed E-state index contributed by atoms with van der Waals surface area (Å²) in [6, 6.07) is 5.19. The zero-order valence-electron chi connectivity index (χ0n) is 13.6. The molecule has 0 radical (unpaired) electrons. The third kappa shape index (κ3) is 2.84. The van der Waals surface area contributed by atoms with Crippen LogP contribution in [0.4, 0.5) is 0 Å². The molecule has 0 heterocycles. The number of amides is 1. The number of nitrogens with one attached hydrogen (secondary N) is 1. The first kappa shape index (κ1) is 15.3. The van der Waals surface area contributed by atoms with Crippen LogP contribution in [-0.4, -0.2) is 19.6 Å². The number of ether oxygens (including phenoxy) is 1. The molecule has 1 aromatic carbocycles. The molecule has 4 bridgehead atoms. The first-order valence-corrected chi connectivity index (χ1v) is 9.06. The molecular formula is C19H24ClNO2. The predicted octanol–water partition coefficient (Wildman–Crippen LogP) is 4.29. The number of carbonyl (C=O) groups excluding carboxylic acids is 1. The van der Waals surface area contributed by atoms with Crippen LogP contribution in [-0.2, 0) is 0 Å². The lowest BCUT2D eigenvalue weighted by molar-refractivity contribution is -0.0503. The Labute approximate surface area is 142 Å². The smallest absolute Gasteiger partial charge is 0.255 e. The van der Waals surface area contributed by atoms with Crippen LogP contribution in [0.5, 0.6) is 5.75 Å². The van der Waals surface area contributed by atoms with Crippen molar-refractivity contribution in [2.45, 2.75) is 38.5 Å². The summed E-state index contributed by atoms with van der Waals surface area (Å²) in [5.41, 5.74) is 0.876. The van der Waals surface area contributed by atoms with Crippen LogP contribution in [0.3, 0.4) is 0 Å². The van der Waals surface area contributed by atoms with E-state index in [2.05, 4.69) is 5.32 Å². The number of hydrogen-bond donors (Lipinski definition) is 1. The molecule has 0 atom stereocenters. The highest BCUT2D eigenvalue weighted by molar-refractivity contribution is 6.31. The van der Waals surface area contributed by atoms with E-state index >= 15 is 0 Å². The van der Waals surface area contributed by atoms with Crippen LogP contribution < -0.4 is 10.1 Å². The van der Waals surface area contributed by atoms with E-state index in [1.807, 2.05) is 0 Å². The average Bonchev–Trinajstić information content (AvgIpc) is 2.51. The van der Waals surface area contributed by atoms with Crippen molar-refractivity contribution in [3.8, 4) is 5.75 Å². The Hall–Kier alpha value is -1.22. The zero-order chi connectivity index (χ0) is 16.0. The Bertz CT molecular complexity index is 593. The third-order valence-electron chi connectivity index (χ3n) is 6.20. The van der Waals surface area contributed by atoms with Crippen molar-refractivity contribution in [1.29, 1.82) is 0 Å². The number of methoxy groups -OCH3 is 1. The standard InChI is InChI=1S/C19H24ClNO2/c1-23-17-3-2-15(20)7-16(17)18(22)21-11-19-8-12-4-13(9-19)6-14(5-12)10-19/h2-3,7,12-14H,4-6,8-11H2,1H3,(H,21,22). The van der Waals surface area contributed by atoms with Crippen LogP contribution in [0, 0.1) is 23.2 Å². The van der Waals surface area contributed by atoms with Crippen molar-refractivity contribution < 1.29 is 9.53 Å². The fourth-order valence-corrected chi connectivity index (χ4v) is 5.90. The summed E-state index contributed by atoms with van der Waals surface area (Å²) in [5.74, 6) is 3.22. The van der Waals surface area contributed by atoms with Crippen LogP contribution in [0.25, 0.3) is 0 Å². The maximum Gasteiger partial charge on any atom is 0.255 e. The molecule has 1 N–H and O–H groups in total. The topological polar surface area (TPSA) is 38.3 Å². The van der Waals surface area contributed by atoms with Gasteiger partial charge in [-0.25, -0.2) is 0 Å². The van der Waals surface area contributed by atoms with E-state index in [9.17, 15) is 4.79 Å². The van der Waals surface area contributed by atoms with Gasteiger partial charge in [0.1, 0.15) is 5.75 Å². The Balaban J connectivity index is 1.47. The van der Waals surface area contributed by atoms with Gasteiger partial charge < -0.3 is 10.1 Å². The Morgan fingerprint density at radius 2 is 1.83 bits per heavy atom. The van der Waals surface area contributed by atoms with E-state index in [-0.39, 0.29) is 5.91 Å². The summed E-state index contributed by atoms with van der Waals surface area (Å²) in [7, 11) is 1.58. The fraction of sp³-hybridized carbons (Fsp3) is 0.632. The molecular weight excluding hydrogens is 310 g/mol. The van der Waals surface area contributed by atoms with Gasteiger partial charge in [-0.3, -0.25) is 4.79 Å². The van der Waals surface area contributed by atoms with Crippen molar-refractivity contribution in [2.75, 3.05) is 13.7 Å². The average molecular weight is 334 g/mol. The van der Waals surface area contributed by atoms with Gasteiger partial charge in [-0.15, -0.1) is 0 Å². The molecule has 124 valence electrons. The molecule has 4 heteroatoms. The van der Waals surface area contributed by atoms with E-state index in [0.29, 0.717) is 21.8 Å². The molecule has 0 saturated heterocycles. The molecule has 1 amide bonds. The van der Waals surface area contributed by atoms with Gasteiger partial charge in [-0.1, -0.05) is 11.6 Å². The Kier molecular flexibility index (Phi) is 3.79. The fourth-order valence-electron chi connectivity index (χ4n) is 5.73. The summed E-state index contributed by atoms with van der Waals surface area (Å²) in [4.78, 5) is 12.6. The predicted molar refractivity (Wildman–Crippen MR) is 90.9 cm³/mol. The van der Waals surface area contributed by atoms with E-state index in [4.69, 9.17) is 16.3 Å². The monoisotopic (exact) mass is 333 g/mol. The highest BCUT2D eigenvalue weighted by atomic mass is 35.5. The number of carbonyl (C=O) groups is 1. The molecule has 0 aromatic heterocycles. The summed E-state index contributed by atoms with van der Waals surface area (Å²) in [5, 5.41) is 3.74. The summed E-state index contributed by atoms with van der Waals surface area (Å²) in [6.07, 6.45) is 8.17. The lowest BCUT2D eigenvalue weighted by Gasteiger charge is -2.56. The van der Waals surface area contributed by atoms with Gasteiger partial charge in [-0.2, -0.15) is 0 Å². The van der Waals surface area contributed by atoms with Gasteiger partial charge in [-0.05, 0) is 79.9 Å². The third-order valence-corrected chi connectivity index (χ3v) is 6.43. The maximum atomic E-state index is 12.6. The van der Waals surface area contributed by atoms with Gasteiger partial charge in [0.25, 0.3) is 5.91 Å². The van der Waals surface area contributed by atoms with Crippen molar-refractivity contribution in [1.82, 2.24) is 5.32 Å². The number of benzene rings is 1. The Morgan fingerprint density at radius 1 is 1.22 bits per heavy atom. The van der Waals surface area contributed by atoms with Gasteiger partial charge in [0.05, 0.1) is 12.7 Å². The molecule has 0 spiro atoms. The van der Waals surface area contributed by atoms with Gasteiger partial charge >= 0.3 is 0 Å². The molecule has 3 nitrogen and oxygen atoms in total. The summed E-state index contributed by atoms with van der Waals surface area (Å²) >= 11 is 6.04. The molecule has 1 aromatic rings.